The van der Waals surface area contributed by atoms with Gasteiger partial charge in [-0.05, 0) is 37.3 Å². The molecule has 13 heavy (non-hydrogen) atoms. The van der Waals surface area contributed by atoms with Gasteiger partial charge in [0.2, 0.25) is 0 Å². The van der Waals surface area contributed by atoms with Crippen molar-refractivity contribution in [3.05, 3.63) is 0 Å². The van der Waals surface area contributed by atoms with Gasteiger partial charge in [-0.25, -0.2) is 0 Å². The molecule has 0 aromatic heterocycles. The molecule has 0 unspecified atom stereocenters. The third-order valence-corrected chi connectivity index (χ3v) is 2.35. The summed E-state index contributed by atoms with van der Waals surface area (Å²) < 4.78 is 5.71. The lowest BCUT2D eigenvalue weighted by molar-refractivity contribution is 0.0406. The van der Waals surface area contributed by atoms with Gasteiger partial charge in [0.1, 0.15) is 0 Å². The van der Waals surface area contributed by atoms with Crippen LogP contribution < -0.4 is 5.32 Å². The zero-order valence-electron chi connectivity index (χ0n) is 9.23. The Kier molecular flexibility index (Phi) is 4.20. The van der Waals surface area contributed by atoms with Crippen LogP contribution >= 0.6 is 0 Å². The van der Waals surface area contributed by atoms with Gasteiger partial charge in [-0.3, -0.25) is 0 Å². The van der Waals surface area contributed by atoms with Crippen LogP contribution in [0.2, 0.25) is 0 Å². The Labute approximate surface area is 82.0 Å². The summed E-state index contributed by atoms with van der Waals surface area (Å²) in [5.41, 5.74) is 0.312. The van der Waals surface area contributed by atoms with Crippen molar-refractivity contribution in [1.82, 2.24) is 5.32 Å². The lowest BCUT2D eigenvalue weighted by Gasteiger charge is -2.24. The molecular formula is C11H23NO. The second-order valence-electron chi connectivity index (χ2n) is 5.27. The molecule has 1 fully saturated rings. The molecule has 0 spiro atoms. The van der Waals surface area contributed by atoms with Crippen LogP contribution in [0.4, 0.5) is 0 Å². The first kappa shape index (κ1) is 11.0. The molecule has 1 N–H and O–H groups in total. The lowest BCUT2D eigenvalue weighted by Crippen LogP contribution is -2.30. The van der Waals surface area contributed by atoms with Crippen LogP contribution in [-0.4, -0.2) is 26.3 Å². The van der Waals surface area contributed by atoms with E-state index < -0.39 is 0 Å². The predicted molar refractivity (Wildman–Crippen MR) is 55.9 cm³/mol. The fraction of sp³-hybridized carbons (Fsp3) is 1.00. The van der Waals surface area contributed by atoms with E-state index in [2.05, 4.69) is 26.1 Å². The van der Waals surface area contributed by atoms with Gasteiger partial charge in [0.15, 0.2) is 0 Å². The molecule has 1 heterocycles. The van der Waals surface area contributed by atoms with E-state index in [1.807, 2.05) is 0 Å². The van der Waals surface area contributed by atoms with Crippen LogP contribution in [-0.2, 0) is 4.74 Å². The standard InChI is InChI=1S/C11H23NO/c1-11(2,3)9-13-8-10-4-6-12-7-5-10/h10,12H,4-9H2,1-3H3. The average molecular weight is 185 g/mol. The van der Waals surface area contributed by atoms with Crippen molar-refractivity contribution in [1.29, 1.82) is 0 Å². The van der Waals surface area contributed by atoms with Gasteiger partial charge >= 0.3 is 0 Å². The largest absolute Gasteiger partial charge is 0.381 e. The maximum absolute atomic E-state index is 5.71. The molecule has 1 aliphatic rings. The van der Waals surface area contributed by atoms with E-state index >= 15 is 0 Å². The number of ether oxygens (including phenoxy) is 1. The SMILES string of the molecule is CC(C)(C)COCC1CCNCC1. The van der Waals surface area contributed by atoms with Crippen molar-refractivity contribution in [2.24, 2.45) is 11.3 Å². The van der Waals surface area contributed by atoms with Crippen molar-refractivity contribution in [3.63, 3.8) is 0 Å². The normalized spacial score (nSPS) is 20.5. The summed E-state index contributed by atoms with van der Waals surface area (Å²) in [4.78, 5) is 0. The Morgan fingerprint density at radius 3 is 2.38 bits per heavy atom. The second-order valence-corrected chi connectivity index (χ2v) is 5.27. The van der Waals surface area contributed by atoms with Crippen LogP contribution in [0.5, 0.6) is 0 Å². The van der Waals surface area contributed by atoms with E-state index in [0.717, 1.165) is 19.1 Å². The fourth-order valence-corrected chi connectivity index (χ4v) is 1.58. The number of piperidine rings is 1. The van der Waals surface area contributed by atoms with Crippen molar-refractivity contribution in [2.75, 3.05) is 26.3 Å². The topological polar surface area (TPSA) is 21.3 Å². The van der Waals surface area contributed by atoms with Gasteiger partial charge in [-0.15, -0.1) is 0 Å². The smallest absolute Gasteiger partial charge is 0.0514 e. The van der Waals surface area contributed by atoms with Crippen LogP contribution in [0.15, 0.2) is 0 Å². The van der Waals surface area contributed by atoms with Gasteiger partial charge in [-0.1, -0.05) is 20.8 Å². The maximum atomic E-state index is 5.71. The van der Waals surface area contributed by atoms with Gasteiger partial charge in [0.05, 0.1) is 6.61 Å². The van der Waals surface area contributed by atoms with Gasteiger partial charge in [-0.2, -0.15) is 0 Å². The van der Waals surface area contributed by atoms with Crippen molar-refractivity contribution in [2.45, 2.75) is 33.6 Å². The summed E-state index contributed by atoms with van der Waals surface area (Å²) in [7, 11) is 0. The summed E-state index contributed by atoms with van der Waals surface area (Å²) in [6.07, 6.45) is 2.56. The average Bonchev–Trinajstić information content (AvgIpc) is 2.04. The van der Waals surface area contributed by atoms with E-state index in [1.165, 1.54) is 25.9 Å². The Morgan fingerprint density at radius 1 is 1.23 bits per heavy atom. The van der Waals surface area contributed by atoms with Crippen LogP contribution in [0, 0.1) is 11.3 Å². The Balaban J connectivity index is 2.04. The highest BCUT2D eigenvalue weighted by Crippen LogP contribution is 2.16. The lowest BCUT2D eigenvalue weighted by atomic mass is 9.97. The molecule has 2 nitrogen and oxygen atoms in total. The summed E-state index contributed by atoms with van der Waals surface area (Å²) in [5.74, 6) is 0.795. The molecular weight excluding hydrogens is 162 g/mol. The summed E-state index contributed by atoms with van der Waals surface area (Å²) in [5, 5.41) is 3.37. The molecule has 0 amide bonds. The minimum atomic E-state index is 0.312. The van der Waals surface area contributed by atoms with Crippen molar-refractivity contribution in [3.8, 4) is 0 Å². The number of hydrogen-bond donors (Lipinski definition) is 1. The van der Waals surface area contributed by atoms with Crippen molar-refractivity contribution >= 4 is 0 Å². The number of rotatable bonds is 3. The quantitative estimate of drug-likeness (QED) is 0.726. The Hall–Kier alpha value is -0.0800. The minimum Gasteiger partial charge on any atom is -0.381 e. The monoisotopic (exact) mass is 185 g/mol. The van der Waals surface area contributed by atoms with E-state index in [0.29, 0.717) is 5.41 Å². The van der Waals surface area contributed by atoms with Crippen LogP contribution in [0.3, 0.4) is 0 Å². The Bertz CT molecular complexity index is 134. The highest BCUT2D eigenvalue weighted by molar-refractivity contribution is 4.68. The van der Waals surface area contributed by atoms with Gasteiger partial charge in [0, 0.05) is 6.61 Å². The molecule has 0 aromatic carbocycles. The molecule has 1 aliphatic heterocycles. The number of hydrogen-bond acceptors (Lipinski definition) is 2. The van der Waals surface area contributed by atoms with E-state index in [-0.39, 0.29) is 0 Å². The van der Waals surface area contributed by atoms with Gasteiger partial charge < -0.3 is 10.1 Å². The van der Waals surface area contributed by atoms with E-state index in [4.69, 9.17) is 4.74 Å². The summed E-state index contributed by atoms with van der Waals surface area (Å²) >= 11 is 0. The highest BCUT2D eigenvalue weighted by atomic mass is 16.5. The summed E-state index contributed by atoms with van der Waals surface area (Å²) in [6.45, 7) is 10.8. The first-order chi connectivity index (χ1) is 6.08. The third-order valence-electron chi connectivity index (χ3n) is 2.35. The molecule has 2 heteroatoms. The zero-order chi connectivity index (χ0) is 9.73. The molecule has 1 saturated heterocycles. The first-order valence-corrected chi connectivity index (χ1v) is 5.36. The molecule has 1 rings (SSSR count). The van der Waals surface area contributed by atoms with Crippen molar-refractivity contribution < 1.29 is 4.74 Å². The minimum absolute atomic E-state index is 0.312. The molecule has 78 valence electrons. The highest BCUT2D eigenvalue weighted by Gasteiger charge is 2.15. The third kappa shape index (κ3) is 5.27. The number of nitrogens with one attached hydrogen (secondary N) is 1. The molecule has 0 aromatic rings. The fourth-order valence-electron chi connectivity index (χ4n) is 1.58. The molecule has 0 atom stereocenters. The molecule has 0 radical (unpaired) electrons. The van der Waals surface area contributed by atoms with Crippen LogP contribution in [0.25, 0.3) is 0 Å². The second kappa shape index (κ2) is 4.97. The Morgan fingerprint density at radius 2 is 1.85 bits per heavy atom. The maximum Gasteiger partial charge on any atom is 0.0514 e. The molecule has 0 aliphatic carbocycles. The zero-order valence-corrected chi connectivity index (χ0v) is 9.23. The van der Waals surface area contributed by atoms with Gasteiger partial charge in [0.25, 0.3) is 0 Å². The summed E-state index contributed by atoms with van der Waals surface area (Å²) in [6, 6.07) is 0. The predicted octanol–water partition coefficient (Wildman–Crippen LogP) is 2.05. The van der Waals surface area contributed by atoms with Crippen LogP contribution in [0.1, 0.15) is 33.6 Å². The van der Waals surface area contributed by atoms with E-state index in [9.17, 15) is 0 Å². The molecule has 0 bridgehead atoms. The van der Waals surface area contributed by atoms with E-state index in [1.54, 1.807) is 0 Å². The first-order valence-electron chi connectivity index (χ1n) is 5.36. The molecule has 0 saturated carbocycles.